The van der Waals surface area contributed by atoms with Crippen molar-refractivity contribution in [2.45, 2.75) is 20.4 Å². The summed E-state index contributed by atoms with van der Waals surface area (Å²) in [6.07, 6.45) is 1.53. The molecule has 0 radical (unpaired) electrons. The Morgan fingerprint density at radius 3 is 2.92 bits per heavy atom. The summed E-state index contributed by atoms with van der Waals surface area (Å²) in [6, 6.07) is 8.59. The normalized spacial score (nSPS) is 13.8. The lowest BCUT2D eigenvalue weighted by atomic mass is 10.1. The zero-order valence-electron chi connectivity index (χ0n) is 14.7. The van der Waals surface area contributed by atoms with Crippen molar-refractivity contribution in [2.75, 3.05) is 18.5 Å². The van der Waals surface area contributed by atoms with Crippen LogP contribution in [-0.4, -0.2) is 34.8 Å². The van der Waals surface area contributed by atoms with Crippen LogP contribution in [0.2, 0.25) is 5.15 Å². The van der Waals surface area contributed by atoms with Gasteiger partial charge in [-0.2, -0.15) is 0 Å². The standard InChI is InChI=1S/C19H20ClN3O3/c1-12(2)9-23-10-13-8-14(5-6-16(13)26-11-17(23)24)22-19(25)15-4-3-7-21-18(15)20/h3-8,12H,9-11H2,1-2H3,(H,22,25). The molecule has 0 spiro atoms. The summed E-state index contributed by atoms with van der Waals surface area (Å²) in [5, 5.41) is 2.96. The SMILES string of the molecule is CC(C)CN1Cc2cc(NC(=O)c3cccnc3Cl)ccc2OCC1=O. The molecule has 0 unspecified atom stereocenters. The third-order valence-corrected chi connectivity index (χ3v) is 4.27. The van der Waals surface area contributed by atoms with Gasteiger partial charge in [-0.05, 0) is 36.2 Å². The summed E-state index contributed by atoms with van der Waals surface area (Å²) >= 11 is 5.97. The predicted octanol–water partition coefficient (Wildman–Crippen LogP) is 3.36. The van der Waals surface area contributed by atoms with Crippen LogP contribution in [0.3, 0.4) is 0 Å². The molecule has 1 aliphatic rings. The number of carbonyl (C=O) groups is 2. The molecule has 0 bridgehead atoms. The monoisotopic (exact) mass is 373 g/mol. The molecule has 7 heteroatoms. The van der Waals surface area contributed by atoms with Gasteiger partial charge in [-0.1, -0.05) is 25.4 Å². The number of fused-ring (bicyclic) bond motifs is 1. The molecule has 0 fully saturated rings. The third-order valence-electron chi connectivity index (χ3n) is 3.97. The van der Waals surface area contributed by atoms with Crippen molar-refractivity contribution in [3.05, 3.63) is 52.8 Å². The number of nitrogens with one attached hydrogen (secondary N) is 1. The molecule has 136 valence electrons. The van der Waals surface area contributed by atoms with Crippen LogP contribution in [0.15, 0.2) is 36.5 Å². The Morgan fingerprint density at radius 2 is 2.19 bits per heavy atom. The molecule has 1 aromatic heterocycles. The molecule has 2 heterocycles. The van der Waals surface area contributed by atoms with Gasteiger partial charge in [0.15, 0.2) is 6.61 Å². The van der Waals surface area contributed by atoms with E-state index in [-0.39, 0.29) is 23.6 Å². The van der Waals surface area contributed by atoms with E-state index in [4.69, 9.17) is 16.3 Å². The molecule has 1 aromatic carbocycles. The number of carbonyl (C=O) groups excluding carboxylic acids is 2. The van der Waals surface area contributed by atoms with Crippen LogP contribution in [0.4, 0.5) is 5.69 Å². The number of ether oxygens (including phenoxy) is 1. The van der Waals surface area contributed by atoms with Gasteiger partial charge < -0.3 is 15.0 Å². The fraction of sp³-hybridized carbons (Fsp3) is 0.316. The molecular formula is C19H20ClN3O3. The Hall–Kier alpha value is -2.60. The Bertz CT molecular complexity index is 839. The fourth-order valence-electron chi connectivity index (χ4n) is 2.81. The lowest BCUT2D eigenvalue weighted by Gasteiger charge is -2.22. The summed E-state index contributed by atoms with van der Waals surface area (Å²) in [7, 11) is 0. The van der Waals surface area contributed by atoms with Crippen LogP contribution < -0.4 is 10.1 Å². The van der Waals surface area contributed by atoms with E-state index in [0.717, 1.165) is 5.56 Å². The summed E-state index contributed by atoms with van der Waals surface area (Å²) in [5.74, 6) is 0.633. The van der Waals surface area contributed by atoms with Gasteiger partial charge >= 0.3 is 0 Å². The van der Waals surface area contributed by atoms with Crippen molar-refractivity contribution >= 4 is 29.1 Å². The van der Waals surface area contributed by atoms with E-state index >= 15 is 0 Å². The number of pyridine rings is 1. The van der Waals surface area contributed by atoms with Gasteiger partial charge in [0.2, 0.25) is 0 Å². The number of hydrogen-bond acceptors (Lipinski definition) is 4. The molecule has 1 N–H and O–H groups in total. The topological polar surface area (TPSA) is 71.5 Å². The summed E-state index contributed by atoms with van der Waals surface area (Å²) in [6.45, 7) is 5.26. The van der Waals surface area contributed by atoms with Gasteiger partial charge in [0.25, 0.3) is 11.8 Å². The number of benzene rings is 1. The molecule has 0 saturated heterocycles. The van der Waals surface area contributed by atoms with Gasteiger partial charge in [0.1, 0.15) is 10.9 Å². The van der Waals surface area contributed by atoms with E-state index in [1.54, 1.807) is 29.2 Å². The minimum Gasteiger partial charge on any atom is -0.483 e. The van der Waals surface area contributed by atoms with Crippen LogP contribution in [0.25, 0.3) is 0 Å². The average Bonchev–Trinajstić information content (AvgIpc) is 2.74. The highest BCUT2D eigenvalue weighted by Gasteiger charge is 2.22. The molecule has 1 aliphatic heterocycles. The Kier molecular flexibility index (Phi) is 5.42. The number of nitrogens with zero attached hydrogens (tertiary/aromatic N) is 2. The molecule has 0 saturated carbocycles. The molecular weight excluding hydrogens is 354 g/mol. The smallest absolute Gasteiger partial charge is 0.260 e. The zero-order chi connectivity index (χ0) is 18.7. The average molecular weight is 374 g/mol. The number of amides is 2. The number of anilines is 1. The second-order valence-electron chi connectivity index (χ2n) is 6.58. The van der Waals surface area contributed by atoms with E-state index in [0.29, 0.717) is 36.0 Å². The molecule has 0 atom stereocenters. The van der Waals surface area contributed by atoms with Gasteiger partial charge in [-0.25, -0.2) is 4.98 Å². The summed E-state index contributed by atoms with van der Waals surface area (Å²) in [5.41, 5.74) is 1.76. The molecule has 3 rings (SSSR count). The highest BCUT2D eigenvalue weighted by atomic mass is 35.5. The van der Waals surface area contributed by atoms with Crippen LogP contribution in [0.5, 0.6) is 5.75 Å². The van der Waals surface area contributed by atoms with E-state index in [2.05, 4.69) is 24.1 Å². The van der Waals surface area contributed by atoms with E-state index in [9.17, 15) is 9.59 Å². The zero-order valence-corrected chi connectivity index (χ0v) is 15.4. The van der Waals surface area contributed by atoms with Gasteiger partial charge in [-0.15, -0.1) is 0 Å². The van der Waals surface area contributed by atoms with Crippen molar-refractivity contribution in [3.8, 4) is 5.75 Å². The largest absolute Gasteiger partial charge is 0.483 e. The maximum atomic E-state index is 12.4. The van der Waals surface area contributed by atoms with Crippen molar-refractivity contribution in [3.63, 3.8) is 0 Å². The van der Waals surface area contributed by atoms with E-state index in [1.165, 1.54) is 6.20 Å². The Morgan fingerprint density at radius 1 is 1.38 bits per heavy atom. The third kappa shape index (κ3) is 4.14. The molecule has 2 aromatic rings. The highest BCUT2D eigenvalue weighted by Crippen LogP contribution is 2.27. The minimum absolute atomic E-state index is 0.0245. The lowest BCUT2D eigenvalue weighted by Crippen LogP contribution is -2.35. The number of rotatable bonds is 4. The molecule has 26 heavy (non-hydrogen) atoms. The van der Waals surface area contributed by atoms with Gasteiger partial charge in [-0.3, -0.25) is 9.59 Å². The van der Waals surface area contributed by atoms with Gasteiger partial charge in [0, 0.05) is 30.5 Å². The van der Waals surface area contributed by atoms with Crippen LogP contribution in [-0.2, 0) is 11.3 Å². The van der Waals surface area contributed by atoms with Crippen molar-refractivity contribution in [1.82, 2.24) is 9.88 Å². The second-order valence-corrected chi connectivity index (χ2v) is 6.93. The minimum atomic E-state index is -0.340. The van der Waals surface area contributed by atoms with Crippen molar-refractivity contribution in [1.29, 1.82) is 0 Å². The highest BCUT2D eigenvalue weighted by molar-refractivity contribution is 6.33. The maximum absolute atomic E-state index is 12.4. The number of hydrogen-bond donors (Lipinski definition) is 1. The van der Waals surface area contributed by atoms with Crippen LogP contribution in [0, 0.1) is 5.92 Å². The second kappa shape index (κ2) is 7.74. The molecule has 6 nitrogen and oxygen atoms in total. The molecule has 0 aliphatic carbocycles. The number of aromatic nitrogens is 1. The van der Waals surface area contributed by atoms with Crippen molar-refractivity contribution < 1.29 is 14.3 Å². The first-order valence-electron chi connectivity index (χ1n) is 8.39. The molecule has 2 amide bonds. The first-order chi connectivity index (χ1) is 12.4. The van der Waals surface area contributed by atoms with Crippen molar-refractivity contribution in [2.24, 2.45) is 5.92 Å². The Balaban J connectivity index is 1.81. The summed E-state index contributed by atoms with van der Waals surface area (Å²) < 4.78 is 5.60. The number of halogens is 1. The van der Waals surface area contributed by atoms with Crippen LogP contribution >= 0.6 is 11.6 Å². The predicted molar refractivity (Wildman–Crippen MR) is 99.4 cm³/mol. The first kappa shape index (κ1) is 18.2. The van der Waals surface area contributed by atoms with E-state index in [1.807, 2.05) is 6.07 Å². The summed E-state index contributed by atoms with van der Waals surface area (Å²) in [4.78, 5) is 30.3. The lowest BCUT2D eigenvalue weighted by molar-refractivity contribution is -0.133. The van der Waals surface area contributed by atoms with Gasteiger partial charge in [0.05, 0.1) is 5.56 Å². The van der Waals surface area contributed by atoms with Crippen LogP contribution in [0.1, 0.15) is 29.8 Å². The maximum Gasteiger partial charge on any atom is 0.260 e. The van der Waals surface area contributed by atoms with E-state index < -0.39 is 0 Å². The Labute approximate surface area is 157 Å². The quantitative estimate of drug-likeness (QED) is 0.834. The fourth-order valence-corrected chi connectivity index (χ4v) is 3.01. The first-order valence-corrected chi connectivity index (χ1v) is 8.77.